The quantitative estimate of drug-likeness (QED) is 0.454. The molecule has 0 heteroatoms. The van der Waals surface area contributed by atoms with Crippen LogP contribution in [0.3, 0.4) is 0 Å². The van der Waals surface area contributed by atoms with Gasteiger partial charge in [0.25, 0.3) is 0 Å². The first-order valence-corrected chi connectivity index (χ1v) is 3.63. The average molecular weight is 114 g/mol. The van der Waals surface area contributed by atoms with Gasteiger partial charge in [0.15, 0.2) is 0 Å². The van der Waals surface area contributed by atoms with E-state index in [1.807, 2.05) is 0 Å². The Bertz CT molecular complexity index is 39.2. The van der Waals surface area contributed by atoms with Crippen molar-refractivity contribution in [3.63, 3.8) is 0 Å². The first kappa shape index (κ1) is 8.00. The zero-order valence-electron chi connectivity index (χ0n) is 6.57. The Morgan fingerprint density at radius 3 is 1.25 bits per heavy atom. The fraction of sp³-hybridized carbons (Fsp3) is 1.00. The van der Waals surface area contributed by atoms with Gasteiger partial charge in [-0.2, -0.15) is 0 Å². The number of hydrogen-bond donors (Lipinski definition) is 0. The highest BCUT2D eigenvalue weighted by Gasteiger charge is 2.12. The molecule has 0 spiro atoms. The van der Waals surface area contributed by atoms with E-state index in [-0.39, 0.29) is 0 Å². The van der Waals surface area contributed by atoms with Gasteiger partial charge < -0.3 is 0 Å². The van der Waals surface area contributed by atoms with E-state index < -0.39 is 0 Å². The zero-order valence-corrected chi connectivity index (χ0v) is 6.57. The molecule has 0 aromatic heterocycles. The molecule has 0 aliphatic heterocycles. The summed E-state index contributed by atoms with van der Waals surface area (Å²) in [6.07, 6.45) is 2.97. The van der Waals surface area contributed by atoms with Crippen LogP contribution in [-0.2, 0) is 0 Å². The van der Waals surface area contributed by atoms with E-state index >= 15 is 0 Å². The Morgan fingerprint density at radius 2 is 1.25 bits per heavy atom. The number of hydrogen-bond acceptors (Lipinski definition) is 0. The molecular formula is C8H18. The standard InChI is InChI=1S/C4H8.C4H10/c1-4-2-3-4;1-4(2)3/h4H,2-3H2,1H3;4H,1-3H3. The monoisotopic (exact) mass is 114 g/mol. The summed E-state index contributed by atoms with van der Waals surface area (Å²) in [5, 5.41) is 0. The second kappa shape index (κ2) is 3.94. The second-order valence-electron chi connectivity index (χ2n) is 3.41. The minimum atomic E-state index is 0.833. The maximum Gasteiger partial charge on any atom is -0.0443 e. The minimum Gasteiger partial charge on any atom is -0.0630 e. The SMILES string of the molecule is CC(C)C.CC1CC1. The topological polar surface area (TPSA) is 0 Å². The average Bonchev–Trinajstić information content (AvgIpc) is 2.19. The molecule has 0 aromatic carbocycles. The van der Waals surface area contributed by atoms with E-state index in [0.717, 1.165) is 11.8 Å². The van der Waals surface area contributed by atoms with Gasteiger partial charge in [-0.15, -0.1) is 0 Å². The first-order valence-electron chi connectivity index (χ1n) is 3.63. The van der Waals surface area contributed by atoms with Crippen LogP contribution >= 0.6 is 0 Å². The molecule has 0 unspecified atom stereocenters. The first-order chi connectivity index (χ1) is 3.63. The Labute approximate surface area is 53.3 Å². The van der Waals surface area contributed by atoms with E-state index in [4.69, 9.17) is 0 Å². The fourth-order valence-electron chi connectivity index (χ4n) is 0.167. The maximum absolute atomic E-state index is 2.28. The Morgan fingerprint density at radius 1 is 1.12 bits per heavy atom. The molecule has 8 heavy (non-hydrogen) atoms. The van der Waals surface area contributed by atoms with Crippen molar-refractivity contribution in [1.29, 1.82) is 0 Å². The van der Waals surface area contributed by atoms with E-state index in [1.165, 1.54) is 12.8 Å². The molecule has 0 atom stereocenters. The van der Waals surface area contributed by atoms with Gasteiger partial charge in [-0.05, 0) is 11.8 Å². The van der Waals surface area contributed by atoms with E-state index in [0.29, 0.717) is 0 Å². The van der Waals surface area contributed by atoms with Crippen molar-refractivity contribution < 1.29 is 0 Å². The summed E-state index contributed by atoms with van der Waals surface area (Å²) in [7, 11) is 0. The van der Waals surface area contributed by atoms with E-state index in [1.54, 1.807) is 0 Å². The van der Waals surface area contributed by atoms with Crippen molar-refractivity contribution >= 4 is 0 Å². The van der Waals surface area contributed by atoms with Crippen LogP contribution in [0, 0.1) is 11.8 Å². The molecule has 1 rings (SSSR count). The van der Waals surface area contributed by atoms with Crippen LogP contribution in [0.2, 0.25) is 0 Å². The summed E-state index contributed by atoms with van der Waals surface area (Å²) in [6, 6.07) is 0. The van der Waals surface area contributed by atoms with Gasteiger partial charge in [-0.1, -0.05) is 40.5 Å². The Hall–Kier alpha value is 0. The summed E-state index contributed by atoms with van der Waals surface area (Å²) in [4.78, 5) is 0. The second-order valence-corrected chi connectivity index (χ2v) is 3.41. The summed E-state index contributed by atoms with van der Waals surface area (Å²) < 4.78 is 0. The summed E-state index contributed by atoms with van der Waals surface area (Å²) in [5.41, 5.74) is 0. The smallest absolute Gasteiger partial charge is 0.0443 e. The lowest BCUT2D eigenvalue weighted by atomic mass is 10.3. The molecule has 1 saturated carbocycles. The maximum atomic E-state index is 2.28. The van der Waals surface area contributed by atoms with Gasteiger partial charge in [0.2, 0.25) is 0 Å². The molecule has 0 radical (unpaired) electrons. The van der Waals surface area contributed by atoms with Gasteiger partial charge in [-0.3, -0.25) is 0 Å². The number of rotatable bonds is 0. The van der Waals surface area contributed by atoms with E-state index in [2.05, 4.69) is 27.7 Å². The predicted molar refractivity (Wildman–Crippen MR) is 38.9 cm³/mol. The van der Waals surface area contributed by atoms with Crippen LogP contribution in [0.1, 0.15) is 40.5 Å². The lowest BCUT2D eigenvalue weighted by molar-refractivity contribution is 0.737. The third kappa shape index (κ3) is 16.7. The minimum absolute atomic E-state index is 0.833. The van der Waals surface area contributed by atoms with Crippen molar-refractivity contribution in [3.8, 4) is 0 Å². The van der Waals surface area contributed by atoms with Crippen LogP contribution in [-0.4, -0.2) is 0 Å². The predicted octanol–water partition coefficient (Wildman–Crippen LogP) is 3.08. The highest BCUT2D eigenvalue weighted by Crippen LogP contribution is 2.26. The molecule has 0 amide bonds. The van der Waals surface area contributed by atoms with Gasteiger partial charge in [0.05, 0.1) is 0 Å². The largest absolute Gasteiger partial charge is 0.0630 e. The van der Waals surface area contributed by atoms with Gasteiger partial charge in [0, 0.05) is 0 Å². The highest BCUT2D eigenvalue weighted by molar-refractivity contribution is 4.65. The lowest BCUT2D eigenvalue weighted by Gasteiger charge is -1.79. The highest BCUT2D eigenvalue weighted by atomic mass is 14.2. The van der Waals surface area contributed by atoms with Crippen molar-refractivity contribution in [1.82, 2.24) is 0 Å². The van der Waals surface area contributed by atoms with Crippen LogP contribution in [0.15, 0.2) is 0 Å². The molecule has 0 aromatic rings. The molecule has 1 fully saturated rings. The molecule has 1 aliphatic rings. The van der Waals surface area contributed by atoms with Gasteiger partial charge in [-0.25, -0.2) is 0 Å². The van der Waals surface area contributed by atoms with Crippen LogP contribution < -0.4 is 0 Å². The van der Waals surface area contributed by atoms with Crippen molar-refractivity contribution in [2.45, 2.75) is 40.5 Å². The molecular weight excluding hydrogens is 96.1 g/mol. The third-order valence-corrected chi connectivity index (χ3v) is 0.866. The third-order valence-electron chi connectivity index (χ3n) is 0.866. The van der Waals surface area contributed by atoms with Crippen molar-refractivity contribution in [3.05, 3.63) is 0 Å². The van der Waals surface area contributed by atoms with Crippen molar-refractivity contribution in [2.75, 3.05) is 0 Å². The molecule has 50 valence electrons. The molecule has 0 N–H and O–H groups in total. The van der Waals surface area contributed by atoms with Crippen LogP contribution in [0.4, 0.5) is 0 Å². The van der Waals surface area contributed by atoms with Crippen LogP contribution in [0.25, 0.3) is 0 Å². The molecule has 0 saturated heterocycles. The normalized spacial score (nSPS) is 17.6. The van der Waals surface area contributed by atoms with E-state index in [9.17, 15) is 0 Å². The molecule has 0 nitrogen and oxygen atoms in total. The summed E-state index contributed by atoms with van der Waals surface area (Å²) in [5.74, 6) is 1.92. The molecule has 1 aliphatic carbocycles. The molecule has 0 bridgehead atoms. The lowest BCUT2D eigenvalue weighted by Crippen LogP contribution is -1.66. The molecule has 0 heterocycles. The fourth-order valence-corrected chi connectivity index (χ4v) is 0.167. The zero-order chi connectivity index (χ0) is 6.57. The summed E-state index contributed by atoms with van der Waals surface area (Å²) in [6.45, 7) is 8.78. The van der Waals surface area contributed by atoms with Gasteiger partial charge in [0.1, 0.15) is 0 Å². The Kier molecular flexibility index (Phi) is 3.94. The summed E-state index contributed by atoms with van der Waals surface area (Å²) >= 11 is 0. The van der Waals surface area contributed by atoms with Crippen LogP contribution in [0.5, 0.6) is 0 Å². The van der Waals surface area contributed by atoms with Crippen molar-refractivity contribution in [2.24, 2.45) is 11.8 Å². The Balaban J connectivity index is 0.000000122. The van der Waals surface area contributed by atoms with Gasteiger partial charge >= 0.3 is 0 Å².